The average molecular weight is 235 g/mol. The fourth-order valence-corrected chi connectivity index (χ4v) is 1.76. The van der Waals surface area contributed by atoms with Crippen LogP contribution in [0.3, 0.4) is 0 Å². The molecule has 0 amide bonds. The first-order valence-corrected chi connectivity index (χ1v) is 4.96. The Morgan fingerprint density at radius 1 is 1.44 bits per heavy atom. The molecule has 5 nitrogen and oxygen atoms in total. The zero-order valence-corrected chi connectivity index (χ0v) is 8.85. The number of para-hydroxylation sites is 1. The normalized spacial score (nSPS) is 12.1. The first-order chi connectivity index (χ1) is 7.72. The van der Waals surface area contributed by atoms with Gasteiger partial charge >= 0.3 is 0 Å². The number of hydrogen-bond acceptors (Lipinski definition) is 2. The van der Waals surface area contributed by atoms with Gasteiger partial charge in [-0.1, -0.05) is 23.3 Å². The molecule has 6 heteroatoms. The zero-order valence-electron chi connectivity index (χ0n) is 8.09. The van der Waals surface area contributed by atoms with Gasteiger partial charge in [0.05, 0.1) is 0 Å². The molecular formula is C10H7ClN4O. The van der Waals surface area contributed by atoms with Crippen molar-refractivity contribution in [2.75, 3.05) is 0 Å². The van der Waals surface area contributed by atoms with Crippen molar-refractivity contribution in [3.05, 3.63) is 56.7 Å². The van der Waals surface area contributed by atoms with Crippen LogP contribution in [0.4, 0.5) is 0 Å². The summed E-state index contributed by atoms with van der Waals surface area (Å²) in [7, 11) is 0. The molecule has 0 fully saturated rings. The molecule has 0 aliphatic heterocycles. The van der Waals surface area contributed by atoms with Gasteiger partial charge in [-0.2, -0.15) is 0 Å². The number of aromatic amines is 1. The Morgan fingerprint density at radius 3 is 2.94 bits per heavy atom. The number of fused-ring (bicyclic) bond motifs is 1. The van der Waals surface area contributed by atoms with Crippen LogP contribution in [-0.2, 0) is 0 Å². The van der Waals surface area contributed by atoms with Crippen molar-refractivity contribution >= 4 is 22.5 Å². The van der Waals surface area contributed by atoms with Crippen LogP contribution in [0.25, 0.3) is 21.3 Å². The van der Waals surface area contributed by atoms with Crippen molar-refractivity contribution < 1.29 is 0 Å². The van der Waals surface area contributed by atoms with Crippen molar-refractivity contribution in [1.82, 2.24) is 4.98 Å². The summed E-state index contributed by atoms with van der Waals surface area (Å²) in [5, 5.41) is 4.15. The molecule has 1 aromatic carbocycles. The third-order valence-electron chi connectivity index (χ3n) is 2.19. The highest BCUT2D eigenvalue weighted by Crippen LogP contribution is 2.27. The summed E-state index contributed by atoms with van der Waals surface area (Å²) in [6.07, 6.45) is 0. The topological polar surface area (TPSA) is 81.6 Å². The minimum absolute atomic E-state index is 0.271. The highest BCUT2D eigenvalue weighted by atomic mass is 35.5. The number of nitrogens with zero attached hydrogens (tertiary/aromatic N) is 3. The van der Waals surface area contributed by atoms with Gasteiger partial charge in [0.25, 0.3) is 0 Å². The van der Waals surface area contributed by atoms with Crippen molar-refractivity contribution in [2.45, 2.75) is 5.50 Å². The number of azide groups is 1. The summed E-state index contributed by atoms with van der Waals surface area (Å²) in [5.41, 5.74) is 8.36. The number of alkyl halides is 1. The van der Waals surface area contributed by atoms with E-state index in [9.17, 15) is 4.79 Å². The van der Waals surface area contributed by atoms with E-state index < -0.39 is 5.50 Å². The number of halogens is 1. The summed E-state index contributed by atoms with van der Waals surface area (Å²) >= 11 is 5.88. The molecule has 1 atom stereocenters. The molecule has 1 N–H and O–H groups in total. The third-order valence-corrected chi connectivity index (χ3v) is 2.51. The van der Waals surface area contributed by atoms with Crippen molar-refractivity contribution in [2.24, 2.45) is 5.11 Å². The molecule has 2 aromatic rings. The molecule has 0 aliphatic carbocycles. The molecular weight excluding hydrogens is 228 g/mol. The second-order valence-electron chi connectivity index (χ2n) is 3.18. The lowest BCUT2D eigenvalue weighted by atomic mass is 10.1. The van der Waals surface area contributed by atoms with Crippen molar-refractivity contribution in [1.29, 1.82) is 0 Å². The number of benzene rings is 1. The predicted octanol–water partition coefficient (Wildman–Crippen LogP) is 3.08. The van der Waals surface area contributed by atoms with E-state index in [2.05, 4.69) is 15.0 Å². The lowest BCUT2D eigenvalue weighted by Crippen LogP contribution is -2.06. The van der Waals surface area contributed by atoms with Crippen LogP contribution in [-0.4, -0.2) is 4.98 Å². The van der Waals surface area contributed by atoms with Gasteiger partial charge in [-0.25, -0.2) is 0 Å². The SMILES string of the molecule is [N-]=[N+]=NC(Cl)c1cc(=O)[nH]c2ccccc12. The Bertz CT molecular complexity index is 630. The van der Waals surface area contributed by atoms with Gasteiger partial charge in [-0.15, -0.1) is 11.6 Å². The lowest BCUT2D eigenvalue weighted by Gasteiger charge is -2.06. The minimum atomic E-state index is -0.878. The first-order valence-electron chi connectivity index (χ1n) is 4.52. The molecule has 1 aromatic heterocycles. The van der Waals surface area contributed by atoms with E-state index in [4.69, 9.17) is 17.1 Å². The van der Waals surface area contributed by atoms with Crippen LogP contribution in [0, 0.1) is 0 Å². The summed E-state index contributed by atoms with van der Waals surface area (Å²) < 4.78 is 0. The summed E-state index contributed by atoms with van der Waals surface area (Å²) in [4.78, 5) is 16.7. The first kappa shape index (κ1) is 10.5. The predicted molar refractivity (Wildman–Crippen MR) is 62.3 cm³/mol. The van der Waals surface area contributed by atoms with E-state index in [1.807, 2.05) is 12.1 Å². The second kappa shape index (κ2) is 4.26. The fourth-order valence-electron chi connectivity index (χ4n) is 1.54. The van der Waals surface area contributed by atoms with Crippen LogP contribution in [0.5, 0.6) is 0 Å². The Balaban J connectivity index is 2.77. The van der Waals surface area contributed by atoms with Crippen LogP contribution in [0.2, 0.25) is 0 Å². The minimum Gasteiger partial charge on any atom is -0.322 e. The highest BCUT2D eigenvalue weighted by molar-refractivity contribution is 6.21. The van der Waals surface area contributed by atoms with Gasteiger partial charge in [0.2, 0.25) is 5.56 Å². The maximum absolute atomic E-state index is 11.4. The van der Waals surface area contributed by atoms with Gasteiger partial charge in [0.15, 0.2) is 0 Å². The largest absolute Gasteiger partial charge is 0.322 e. The summed E-state index contributed by atoms with van der Waals surface area (Å²) in [6.45, 7) is 0. The Labute approximate surface area is 95.3 Å². The monoisotopic (exact) mass is 234 g/mol. The van der Waals surface area contributed by atoms with Crippen LogP contribution < -0.4 is 5.56 Å². The Kier molecular flexibility index (Phi) is 2.81. The van der Waals surface area contributed by atoms with Gasteiger partial charge in [0, 0.05) is 21.9 Å². The molecule has 0 saturated heterocycles. The third kappa shape index (κ3) is 1.86. The number of pyridine rings is 1. The number of rotatable bonds is 2. The molecule has 1 unspecified atom stereocenters. The van der Waals surface area contributed by atoms with E-state index >= 15 is 0 Å². The molecule has 16 heavy (non-hydrogen) atoms. The summed E-state index contributed by atoms with van der Waals surface area (Å²) in [6, 6.07) is 8.54. The number of aromatic nitrogens is 1. The quantitative estimate of drug-likeness (QED) is 0.280. The molecule has 0 radical (unpaired) electrons. The Morgan fingerprint density at radius 2 is 2.19 bits per heavy atom. The second-order valence-corrected chi connectivity index (χ2v) is 3.59. The average Bonchev–Trinajstić information content (AvgIpc) is 2.28. The summed E-state index contributed by atoms with van der Waals surface area (Å²) in [5.74, 6) is 0. The van der Waals surface area contributed by atoms with Crippen LogP contribution >= 0.6 is 11.6 Å². The van der Waals surface area contributed by atoms with E-state index in [-0.39, 0.29) is 5.56 Å². The van der Waals surface area contributed by atoms with Crippen molar-refractivity contribution in [3.8, 4) is 0 Å². The van der Waals surface area contributed by atoms with E-state index in [0.717, 1.165) is 5.39 Å². The van der Waals surface area contributed by atoms with E-state index in [1.54, 1.807) is 12.1 Å². The smallest absolute Gasteiger partial charge is 0.248 e. The number of nitrogens with one attached hydrogen (secondary N) is 1. The standard InChI is InChI=1S/C10H7ClN4O/c11-10(14-15-12)7-5-9(16)13-8-4-2-1-3-6(7)8/h1-5,10H,(H,13,16). The van der Waals surface area contributed by atoms with Crippen LogP contribution in [0.1, 0.15) is 11.1 Å². The molecule has 0 saturated carbocycles. The fraction of sp³-hybridized carbons (Fsp3) is 0.100. The van der Waals surface area contributed by atoms with Crippen LogP contribution in [0.15, 0.2) is 40.2 Å². The maximum atomic E-state index is 11.4. The molecule has 0 bridgehead atoms. The highest BCUT2D eigenvalue weighted by Gasteiger charge is 2.10. The molecule has 2 rings (SSSR count). The lowest BCUT2D eigenvalue weighted by molar-refractivity contribution is 1.00. The molecule has 80 valence electrons. The number of hydrogen-bond donors (Lipinski definition) is 1. The molecule has 0 aliphatic rings. The van der Waals surface area contributed by atoms with Gasteiger partial charge in [-0.3, -0.25) is 4.79 Å². The zero-order chi connectivity index (χ0) is 11.5. The van der Waals surface area contributed by atoms with E-state index in [1.165, 1.54) is 6.07 Å². The maximum Gasteiger partial charge on any atom is 0.248 e. The Hall–Kier alpha value is -1.97. The molecule has 0 spiro atoms. The van der Waals surface area contributed by atoms with Gasteiger partial charge in [0.1, 0.15) is 5.50 Å². The van der Waals surface area contributed by atoms with E-state index in [0.29, 0.717) is 11.1 Å². The molecule has 1 heterocycles. The van der Waals surface area contributed by atoms with Gasteiger partial charge in [-0.05, 0) is 17.2 Å². The van der Waals surface area contributed by atoms with Crippen molar-refractivity contribution in [3.63, 3.8) is 0 Å². The number of H-pyrrole nitrogens is 1. The van der Waals surface area contributed by atoms with Gasteiger partial charge < -0.3 is 4.98 Å².